The first-order chi connectivity index (χ1) is 12.7. The molecule has 5 heteroatoms. The molecule has 0 aliphatic carbocycles. The summed E-state index contributed by atoms with van der Waals surface area (Å²) in [5.74, 6) is -1.44. The van der Waals surface area contributed by atoms with Crippen LogP contribution in [0.3, 0.4) is 0 Å². The van der Waals surface area contributed by atoms with Crippen LogP contribution in [-0.4, -0.2) is 29.3 Å². The third kappa shape index (κ3) is 5.03. The molecule has 1 amide bonds. The highest BCUT2D eigenvalue weighted by atomic mass is 16.4. The predicted molar refractivity (Wildman–Crippen MR) is 104 cm³/mol. The maximum Gasteiger partial charge on any atom is 0.315 e. The third-order valence-corrected chi connectivity index (χ3v) is 4.79. The van der Waals surface area contributed by atoms with Gasteiger partial charge in [0.15, 0.2) is 5.78 Å². The SMILES string of the molecule is Cc1ccc(C)c(C(=O)CCC(=O)NCC(C)(C(=O)O)c2ccccc2)c1. The van der Waals surface area contributed by atoms with Gasteiger partial charge in [-0.25, -0.2) is 0 Å². The van der Waals surface area contributed by atoms with Gasteiger partial charge in [0.05, 0.1) is 0 Å². The Bertz CT molecular complexity index is 845. The van der Waals surface area contributed by atoms with Crippen LogP contribution >= 0.6 is 0 Å². The van der Waals surface area contributed by atoms with Gasteiger partial charge in [0.25, 0.3) is 0 Å². The highest BCUT2D eigenvalue weighted by Crippen LogP contribution is 2.23. The Labute approximate surface area is 159 Å². The summed E-state index contributed by atoms with van der Waals surface area (Å²) in [4.78, 5) is 36.3. The van der Waals surface area contributed by atoms with Gasteiger partial charge in [0.2, 0.25) is 5.91 Å². The molecular formula is C22H25NO4. The molecule has 0 aliphatic heterocycles. The first-order valence-electron chi connectivity index (χ1n) is 8.90. The summed E-state index contributed by atoms with van der Waals surface area (Å²) in [7, 11) is 0. The number of amides is 1. The minimum absolute atomic E-state index is 0.0245. The van der Waals surface area contributed by atoms with Crippen molar-refractivity contribution >= 4 is 17.7 Å². The summed E-state index contributed by atoms with van der Waals surface area (Å²) in [6, 6.07) is 14.4. The van der Waals surface area contributed by atoms with Crippen molar-refractivity contribution in [1.29, 1.82) is 0 Å². The number of nitrogens with one attached hydrogen (secondary N) is 1. The summed E-state index contributed by atoms with van der Waals surface area (Å²) < 4.78 is 0. The number of ketones is 1. The Morgan fingerprint density at radius 3 is 2.30 bits per heavy atom. The smallest absolute Gasteiger partial charge is 0.315 e. The quantitative estimate of drug-likeness (QED) is 0.700. The van der Waals surface area contributed by atoms with E-state index in [0.29, 0.717) is 11.1 Å². The van der Waals surface area contributed by atoms with Crippen LogP contribution in [0.1, 0.15) is 46.8 Å². The van der Waals surface area contributed by atoms with Crippen molar-refractivity contribution in [1.82, 2.24) is 5.32 Å². The highest BCUT2D eigenvalue weighted by Gasteiger charge is 2.35. The lowest BCUT2D eigenvalue weighted by Gasteiger charge is -2.25. The molecule has 142 valence electrons. The molecule has 0 bridgehead atoms. The van der Waals surface area contributed by atoms with Gasteiger partial charge in [-0.1, -0.05) is 48.0 Å². The van der Waals surface area contributed by atoms with E-state index in [1.165, 1.54) is 0 Å². The molecule has 1 unspecified atom stereocenters. The summed E-state index contributed by atoms with van der Waals surface area (Å²) in [6.45, 7) is 5.32. The molecular weight excluding hydrogens is 342 g/mol. The summed E-state index contributed by atoms with van der Waals surface area (Å²) >= 11 is 0. The Kier molecular flexibility index (Phi) is 6.50. The lowest BCUT2D eigenvalue weighted by Crippen LogP contribution is -2.44. The Morgan fingerprint density at radius 1 is 1.00 bits per heavy atom. The fourth-order valence-electron chi connectivity index (χ4n) is 2.87. The Hall–Kier alpha value is -2.95. The molecule has 1 atom stereocenters. The summed E-state index contributed by atoms with van der Waals surface area (Å²) in [6.07, 6.45) is 0.113. The number of aryl methyl sites for hydroxylation is 2. The molecule has 0 fully saturated rings. The topological polar surface area (TPSA) is 83.5 Å². The van der Waals surface area contributed by atoms with E-state index in [-0.39, 0.29) is 31.1 Å². The van der Waals surface area contributed by atoms with Crippen LogP contribution in [0.5, 0.6) is 0 Å². The van der Waals surface area contributed by atoms with Crippen molar-refractivity contribution < 1.29 is 19.5 Å². The number of carbonyl (C=O) groups is 3. The zero-order valence-electron chi connectivity index (χ0n) is 15.9. The first-order valence-corrected chi connectivity index (χ1v) is 8.90. The monoisotopic (exact) mass is 367 g/mol. The van der Waals surface area contributed by atoms with E-state index in [4.69, 9.17) is 0 Å². The molecule has 0 saturated heterocycles. The van der Waals surface area contributed by atoms with Gasteiger partial charge < -0.3 is 10.4 Å². The zero-order chi connectivity index (χ0) is 20.0. The molecule has 2 rings (SSSR count). The van der Waals surface area contributed by atoms with Crippen molar-refractivity contribution in [2.45, 2.75) is 39.0 Å². The van der Waals surface area contributed by atoms with Crippen molar-refractivity contribution in [3.8, 4) is 0 Å². The molecule has 2 N–H and O–H groups in total. The van der Waals surface area contributed by atoms with Gasteiger partial charge in [0, 0.05) is 24.9 Å². The molecule has 2 aromatic rings. The fourth-order valence-corrected chi connectivity index (χ4v) is 2.87. The number of benzene rings is 2. The van der Waals surface area contributed by atoms with Crippen LogP contribution in [0.25, 0.3) is 0 Å². The number of carbonyl (C=O) groups excluding carboxylic acids is 2. The van der Waals surface area contributed by atoms with Crippen molar-refractivity contribution in [2.24, 2.45) is 0 Å². The number of rotatable bonds is 8. The van der Waals surface area contributed by atoms with Gasteiger partial charge in [-0.05, 0) is 38.0 Å². The van der Waals surface area contributed by atoms with Crippen molar-refractivity contribution in [2.75, 3.05) is 6.54 Å². The van der Waals surface area contributed by atoms with E-state index in [0.717, 1.165) is 11.1 Å². The van der Waals surface area contributed by atoms with E-state index in [1.54, 1.807) is 31.2 Å². The zero-order valence-corrected chi connectivity index (χ0v) is 15.9. The number of carboxylic acids is 1. The van der Waals surface area contributed by atoms with Gasteiger partial charge in [-0.2, -0.15) is 0 Å². The Morgan fingerprint density at radius 2 is 1.67 bits per heavy atom. The second kappa shape index (κ2) is 8.62. The summed E-state index contributed by atoms with van der Waals surface area (Å²) in [5.41, 5.74) is 1.89. The van der Waals surface area contributed by atoms with Crippen molar-refractivity contribution in [3.63, 3.8) is 0 Å². The van der Waals surface area contributed by atoms with E-state index in [2.05, 4.69) is 5.32 Å². The fraction of sp³-hybridized carbons (Fsp3) is 0.318. The maximum absolute atomic E-state index is 12.4. The second-order valence-electron chi connectivity index (χ2n) is 7.02. The van der Waals surface area contributed by atoms with Crippen LogP contribution in [0.4, 0.5) is 0 Å². The number of hydrogen-bond acceptors (Lipinski definition) is 3. The minimum Gasteiger partial charge on any atom is -0.481 e. The predicted octanol–water partition coefficient (Wildman–Crippen LogP) is 3.43. The van der Waals surface area contributed by atoms with Crippen LogP contribution in [0.2, 0.25) is 0 Å². The van der Waals surface area contributed by atoms with Gasteiger partial charge in [-0.15, -0.1) is 0 Å². The van der Waals surface area contributed by atoms with E-state index in [9.17, 15) is 19.5 Å². The average Bonchev–Trinajstić information content (AvgIpc) is 2.66. The molecule has 0 aliphatic rings. The standard InChI is InChI=1S/C22H25NO4/c1-15-9-10-16(2)18(13-15)19(24)11-12-20(25)23-14-22(3,21(26)27)17-7-5-4-6-8-17/h4-10,13H,11-12,14H2,1-3H3,(H,23,25)(H,26,27). The van der Waals surface area contributed by atoms with Gasteiger partial charge in [0.1, 0.15) is 5.41 Å². The maximum atomic E-state index is 12.4. The van der Waals surface area contributed by atoms with Gasteiger partial charge in [-0.3, -0.25) is 14.4 Å². The van der Waals surface area contributed by atoms with Crippen LogP contribution in [0.15, 0.2) is 48.5 Å². The van der Waals surface area contributed by atoms with E-state index < -0.39 is 11.4 Å². The minimum atomic E-state index is -1.23. The highest BCUT2D eigenvalue weighted by molar-refractivity contribution is 5.99. The largest absolute Gasteiger partial charge is 0.481 e. The van der Waals surface area contributed by atoms with Crippen LogP contribution in [-0.2, 0) is 15.0 Å². The van der Waals surface area contributed by atoms with Crippen molar-refractivity contribution in [3.05, 3.63) is 70.8 Å². The molecule has 0 aromatic heterocycles. The average molecular weight is 367 g/mol. The number of Topliss-reactive ketones (excluding diaryl/α,β-unsaturated/α-hetero) is 1. The second-order valence-corrected chi connectivity index (χ2v) is 7.02. The molecule has 5 nitrogen and oxygen atoms in total. The Balaban J connectivity index is 1.96. The number of carboxylic acid groups (broad SMARTS) is 1. The molecule has 0 spiro atoms. The van der Waals surface area contributed by atoms with E-state index >= 15 is 0 Å². The number of hydrogen-bond donors (Lipinski definition) is 2. The van der Waals surface area contributed by atoms with E-state index in [1.807, 2.05) is 38.1 Å². The van der Waals surface area contributed by atoms with Crippen LogP contribution in [0, 0.1) is 13.8 Å². The lowest BCUT2D eigenvalue weighted by atomic mass is 9.82. The van der Waals surface area contributed by atoms with Gasteiger partial charge >= 0.3 is 5.97 Å². The summed E-state index contributed by atoms with van der Waals surface area (Å²) in [5, 5.41) is 12.3. The normalized spacial score (nSPS) is 12.9. The lowest BCUT2D eigenvalue weighted by molar-refractivity contribution is -0.143. The molecule has 0 heterocycles. The third-order valence-electron chi connectivity index (χ3n) is 4.79. The van der Waals surface area contributed by atoms with Crippen LogP contribution < -0.4 is 5.32 Å². The molecule has 27 heavy (non-hydrogen) atoms. The molecule has 0 radical (unpaired) electrons. The first kappa shape index (κ1) is 20.4. The molecule has 0 saturated carbocycles. The number of aliphatic carboxylic acids is 1. The molecule has 2 aromatic carbocycles.